The molecule has 1 nitrogen and oxygen atoms in total. The van der Waals surface area contributed by atoms with Crippen molar-refractivity contribution in [2.24, 2.45) is 0 Å². The highest BCUT2D eigenvalue weighted by molar-refractivity contribution is 5.69. The molecule has 2 rings (SSSR count). The SMILES string of the molecule is CNc1cccc(-c2cc(C)cc(C)c2)c1. The monoisotopic (exact) mass is 211 g/mol. The van der Waals surface area contributed by atoms with E-state index in [1.807, 2.05) is 7.05 Å². The van der Waals surface area contributed by atoms with Gasteiger partial charge in [0.1, 0.15) is 0 Å². The second-order valence-corrected chi connectivity index (χ2v) is 4.21. The number of rotatable bonds is 2. The Labute approximate surface area is 97.1 Å². The molecule has 0 amide bonds. The third kappa shape index (κ3) is 2.25. The van der Waals surface area contributed by atoms with Crippen LogP contribution in [0.3, 0.4) is 0 Å². The predicted molar refractivity (Wildman–Crippen MR) is 70.9 cm³/mol. The van der Waals surface area contributed by atoms with Crippen LogP contribution in [-0.4, -0.2) is 7.05 Å². The number of hydrogen-bond donors (Lipinski definition) is 1. The first-order valence-electron chi connectivity index (χ1n) is 5.55. The Bertz CT molecular complexity index is 480. The van der Waals surface area contributed by atoms with Gasteiger partial charge in [-0.3, -0.25) is 0 Å². The summed E-state index contributed by atoms with van der Waals surface area (Å²) in [6, 6.07) is 15.1. The van der Waals surface area contributed by atoms with Gasteiger partial charge in [-0.2, -0.15) is 0 Å². The zero-order valence-corrected chi connectivity index (χ0v) is 10.0. The Morgan fingerprint density at radius 3 is 2.12 bits per heavy atom. The minimum Gasteiger partial charge on any atom is -0.388 e. The van der Waals surface area contributed by atoms with Gasteiger partial charge in [0.2, 0.25) is 0 Å². The Hall–Kier alpha value is -1.76. The summed E-state index contributed by atoms with van der Waals surface area (Å²) in [5.41, 5.74) is 6.32. The van der Waals surface area contributed by atoms with Crippen molar-refractivity contribution in [2.75, 3.05) is 12.4 Å². The van der Waals surface area contributed by atoms with Crippen LogP contribution in [0, 0.1) is 13.8 Å². The largest absolute Gasteiger partial charge is 0.388 e. The number of hydrogen-bond acceptors (Lipinski definition) is 1. The third-order valence-corrected chi connectivity index (χ3v) is 2.71. The number of aryl methyl sites for hydroxylation is 2. The van der Waals surface area contributed by atoms with E-state index in [2.05, 4.69) is 61.6 Å². The molecule has 0 unspecified atom stereocenters. The van der Waals surface area contributed by atoms with Crippen molar-refractivity contribution in [1.29, 1.82) is 0 Å². The molecule has 0 aliphatic heterocycles. The average Bonchev–Trinajstić information content (AvgIpc) is 2.28. The molecule has 1 heteroatoms. The summed E-state index contributed by atoms with van der Waals surface area (Å²) in [6.07, 6.45) is 0. The topological polar surface area (TPSA) is 12.0 Å². The molecule has 0 aliphatic carbocycles. The van der Waals surface area contributed by atoms with E-state index in [1.165, 1.54) is 22.3 Å². The number of benzene rings is 2. The fourth-order valence-corrected chi connectivity index (χ4v) is 2.00. The van der Waals surface area contributed by atoms with E-state index in [4.69, 9.17) is 0 Å². The Kier molecular flexibility index (Phi) is 2.95. The lowest BCUT2D eigenvalue weighted by Gasteiger charge is -2.07. The van der Waals surface area contributed by atoms with Gasteiger partial charge in [0.15, 0.2) is 0 Å². The van der Waals surface area contributed by atoms with Crippen LogP contribution >= 0.6 is 0 Å². The molecule has 1 N–H and O–H groups in total. The fourth-order valence-electron chi connectivity index (χ4n) is 2.00. The predicted octanol–water partition coefficient (Wildman–Crippen LogP) is 4.01. The molecule has 2 aromatic rings. The van der Waals surface area contributed by atoms with Crippen molar-refractivity contribution < 1.29 is 0 Å². The first-order chi connectivity index (χ1) is 7.69. The van der Waals surface area contributed by atoms with Crippen LogP contribution in [0.1, 0.15) is 11.1 Å². The first-order valence-corrected chi connectivity index (χ1v) is 5.55. The van der Waals surface area contributed by atoms with Crippen LogP contribution in [-0.2, 0) is 0 Å². The molecule has 0 saturated carbocycles. The molecule has 0 radical (unpaired) electrons. The summed E-state index contributed by atoms with van der Waals surface area (Å²) in [4.78, 5) is 0. The third-order valence-electron chi connectivity index (χ3n) is 2.71. The second-order valence-electron chi connectivity index (χ2n) is 4.21. The van der Waals surface area contributed by atoms with E-state index < -0.39 is 0 Å². The highest BCUT2D eigenvalue weighted by Crippen LogP contribution is 2.24. The lowest BCUT2D eigenvalue weighted by molar-refractivity contribution is 1.38. The van der Waals surface area contributed by atoms with E-state index in [-0.39, 0.29) is 0 Å². The highest BCUT2D eigenvalue weighted by atomic mass is 14.8. The maximum absolute atomic E-state index is 3.17. The van der Waals surface area contributed by atoms with Gasteiger partial charge in [-0.05, 0) is 37.1 Å². The summed E-state index contributed by atoms with van der Waals surface area (Å²) < 4.78 is 0. The lowest BCUT2D eigenvalue weighted by atomic mass is 10.0. The molecular formula is C15H17N. The zero-order valence-electron chi connectivity index (χ0n) is 10.0. The Balaban J connectivity index is 2.49. The van der Waals surface area contributed by atoms with Crippen LogP contribution in [0.25, 0.3) is 11.1 Å². The van der Waals surface area contributed by atoms with Crippen LogP contribution in [0.2, 0.25) is 0 Å². The van der Waals surface area contributed by atoms with E-state index >= 15 is 0 Å². The summed E-state index contributed by atoms with van der Waals surface area (Å²) in [5.74, 6) is 0. The van der Waals surface area contributed by atoms with Crippen molar-refractivity contribution >= 4 is 5.69 Å². The second kappa shape index (κ2) is 4.40. The minimum absolute atomic E-state index is 1.15. The molecule has 0 saturated heterocycles. The first kappa shape index (κ1) is 10.7. The number of nitrogens with one attached hydrogen (secondary N) is 1. The van der Waals surface area contributed by atoms with Gasteiger partial charge in [-0.25, -0.2) is 0 Å². The number of anilines is 1. The van der Waals surface area contributed by atoms with Crippen LogP contribution < -0.4 is 5.32 Å². The van der Waals surface area contributed by atoms with E-state index in [0.717, 1.165) is 5.69 Å². The normalized spacial score (nSPS) is 10.2. The van der Waals surface area contributed by atoms with Gasteiger partial charge >= 0.3 is 0 Å². The zero-order chi connectivity index (χ0) is 11.5. The van der Waals surface area contributed by atoms with E-state index in [9.17, 15) is 0 Å². The molecule has 2 aromatic carbocycles. The fraction of sp³-hybridized carbons (Fsp3) is 0.200. The molecule has 0 spiro atoms. The van der Waals surface area contributed by atoms with Gasteiger partial charge in [-0.15, -0.1) is 0 Å². The van der Waals surface area contributed by atoms with Gasteiger partial charge < -0.3 is 5.32 Å². The van der Waals surface area contributed by atoms with Crippen LogP contribution in [0.15, 0.2) is 42.5 Å². The van der Waals surface area contributed by atoms with E-state index in [0.29, 0.717) is 0 Å². The van der Waals surface area contributed by atoms with Gasteiger partial charge in [-0.1, -0.05) is 41.5 Å². The van der Waals surface area contributed by atoms with Crippen LogP contribution in [0.5, 0.6) is 0 Å². The summed E-state index contributed by atoms with van der Waals surface area (Å²) in [5, 5.41) is 3.17. The van der Waals surface area contributed by atoms with Crippen LogP contribution in [0.4, 0.5) is 5.69 Å². The molecule has 16 heavy (non-hydrogen) atoms. The summed E-state index contributed by atoms with van der Waals surface area (Å²) in [7, 11) is 1.95. The molecule has 0 atom stereocenters. The highest BCUT2D eigenvalue weighted by Gasteiger charge is 2.00. The van der Waals surface area contributed by atoms with Gasteiger partial charge in [0.25, 0.3) is 0 Å². The Morgan fingerprint density at radius 1 is 0.812 bits per heavy atom. The van der Waals surface area contributed by atoms with Crippen molar-refractivity contribution in [3.05, 3.63) is 53.6 Å². The maximum atomic E-state index is 3.17. The average molecular weight is 211 g/mol. The van der Waals surface area contributed by atoms with Crippen molar-refractivity contribution in [1.82, 2.24) is 0 Å². The van der Waals surface area contributed by atoms with E-state index in [1.54, 1.807) is 0 Å². The summed E-state index contributed by atoms with van der Waals surface area (Å²) in [6.45, 7) is 4.27. The van der Waals surface area contributed by atoms with Gasteiger partial charge in [0.05, 0.1) is 0 Å². The molecule has 0 fully saturated rings. The Morgan fingerprint density at radius 2 is 1.50 bits per heavy atom. The standard InChI is InChI=1S/C15H17N/c1-11-7-12(2)9-14(8-11)13-5-4-6-15(10-13)16-3/h4-10,16H,1-3H3. The molecule has 0 aliphatic rings. The minimum atomic E-state index is 1.15. The van der Waals surface area contributed by atoms with Crippen molar-refractivity contribution in [3.8, 4) is 11.1 Å². The maximum Gasteiger partial charge on any atom is 0.0343 e. The van der Waals surface area contributed by atoms with Crippen molar-refractivity contribution in [3.63, 3.8) is 0 Å². The summed E-state index contributed by atoms with van der Waals surface area (Å²) >= 11 is 0. The smallest absolute Gasteiger partial charge is 0.0343 e. The molecule has 82 valence electrons. The molecular weight excluding hydrogens is 194 g/mol. The molecule has 0 aromatic heterocycles. The molecule has 0 bridgehead atoms. The van der Waals surface area contributed by atoms with Gasteiger partial charge in [0, 0.05) is 12.7 Å². The lowest BCUT2D eigenvalue weighted by Crippen LogP contribution is -1.88. The van der Waals surface area contributed by atoms with Crippen molar-refractivity contribution in [2.45, 2.75) is 13.8 Å². The quantitative estimate of drug-likeness (QED) is 0.791. The molecule has 0 heterocycles.